The molecule has 3 rings (SSSR count). The van der Waals surface area contributed by atoms with Gasteiger partial charge in [-0.2, -0.15) is 0 Å². The third kappa shape index (κ3) is 4.17. The maximum atomic E-state index is 12.8. The van der Waals surface area contributed by atoms with Gasteiger partial charge in [0.15, 0.2) is 9.84 Å². The zero-order valence-electron chi connectivity index (χ0n) is 15.6. The molecule has 0 aliphatic carbocycles. The van der Waals surface area contributed by atoms with Gasteiger partial charge in [-0.15, -0.1) is 0 Å². The summed E-state index contributed by atoms with van der Waals surface area (Å²) in [5.74, 6) is 0.0427. The normalized spacial score (nSPS) is 23.2. The van der Waals surface area contributed by atoms with Crippen molar-refractivity contribution in [2.24, 2.45) is 0 Å². The Balaban J connectivity index is 1.66. The molecule has 2 saturated heterocycles. The number of rotatable bonds is 5. The fourth-order valence-corrected chi connectivity index (χ4v) is 5.49. The van der Waals surface area contributed by atoms with Crippen LogP contribution in [0, 0.1) is 0 Å². The van der Waals surface area contributed by atoms with Gasteiger partial charge in [0.2, 0.25) is 0 Å². The van der Waals surface area contributed by atoms with Crippen LogP contribution in [0.2, 0.25) is 0 Å². The molecule has 0 aromatic carbocycles. The Hall–Kier alpha value is -1.67. The van der Waals surface area contributed by atoms with Crippen LogP contribution in [0.5, 0.6) is 0 Å². The van der Waals surface area contributed by atoms with E-state index in [4.69, 9.17) is 0 Å². The van der Waals surface area contributed by atoms with E-state index >= 15 is 0 Å². The maximum Gasteiger partial charge on any atom is 0.272 e. The molecule has 0 saturated carbocycles. The van der Waals surface area contributed by atoms with Crippen LogP contribution in [0.4, 0.5) is 5.69 Å². The minimum absolute atomic E-state index is 0.0619. The lowest BCUT2D eigenvalue weighted by Crippen LogP contribution is -2.46. The highest BCUT2D eigenvalue weighted by Gasteiger charge is 2.34. The minimum atomic E-state index is -3.02. The summed E-state index contributed by atoms with van der Waals surface area (Å²) in [5, 5.41) is 0. The second-order valence-corrected chi connectivity index (χ2v) is 9.20. The van der Waals surface area contributed by atoms with Crippen molar-refractivity contribution >= 4 is 21.4 Å². The lowest BCUT2D eigenvalue weighted by Gasteiger charge is -2.35. The number of piperazine rings is 1. The highest BCUT2D eigenvalue weighted by molar-refractivity contribution is 7.91. The molecule has 1 aromatic heterocycles. The summed E-state index contributed by atoms with van der Waals surface area (Å²) in [6, 6.07) is 3.47. The van der Waals surface area contributed by atoms with Crippen molar-refractivity contribution < 1.29 is 13.2 Å². The Labute approximate surface area is 155 Å². The molecule has 2 aliphatic rings. The summed E-state index contributed by atoms with van der Waals surface area (Å²) in [6.07, 6.45) is 2.27. The molecule has 26 heavy (non-hydrogen) atoms. The Morgan fingerprint density at radius 3 is 2.46 bits per heavy atom. The first-order valence-electron chi connectivity index (χ1n) is 9.38. The number of hydrogen-bond acceptors (Lipinski definition) is 6. The average Bonchev–Trinajstić information content (AvgIpc) is 3.02. The quantitative estimate of drug-likeness (QED) is 0.755. The van der Waals surface area contributed by atoms with Crippen molar-refractivity contribution in [2.75, 3.05) is 55.7 Å². The number of nitrogens with zero attached hydrogens (tertiary/aromatic N) is 4. The third-order valence-corrected chi connectivity index (χ3v) is 7.15. The number of hydrogen-bond donors (Lipinski definition) is 0. The highest BCUT2D eigenvalue weighted by atomic mass is 32.2. The van der Waals surface area contributed by atoms with Crippen LogP contribution in [0.1, 0.15) is 30.8 Å². The van der Waals surface area contributed by atoms with Gasteiger partial charge in [0.05, 0.1) is 23.4 Å². The number of aromatic nitrogens is 1. The SMILES string of the molecule is CCN1CCN(c2ccc(C(=O)N(CC)C3CCS(=O)(=O)C3)nc2)CC1. The Morgan fingerprint density at radius 1 is 1.23 bits per heavy atom. The summed E-state index contributed by atoms with van der Waals surface area (Å²) < 4.78 is 23.4. The van der Waals surface area contributed by atoms with Gasteiger partial charge in [0, 0.05) is 38.8 Å². The van der Waals surface area contributed by atoms with Crippen molar-refractivity contribution in [2.45, 2.75) is 26.3 Å². The smallest absolute Gasteiger partial charge is 0.272 e. The molecule has 1 unspecified atom stereocenters. The van der Waals surface area contributed by atoms with Crippen molar-refractivity contribution in [3.8, 4) is 0 Å². The van der Waals surface area contributed by atoms with Crippen LogP contribution >= 0.6 is 0 Å². The van der Waals surface area contributed by atoms with Gasteiger partial charge < -0.3 is 14.7 Å². The van der Waals surface area contributed by atoms with Crippen LogP contribution < -0.4 is 4.90 Å². The van der Waals surface area contributed by atoms with Crippen LogP contribution in [0.15, 0.2) is 18.3 Å². The molecule has 7 nitrogen and oxygen atoms in total. The van der Waals surface area contributed by atoms with Gasteiger partial charge in [-0.05, 0) is 32.0 Å². The maximum absolute atomic E-state index is 12.8. The van der Waals surface area contributed by atoms with Gasteiger partial charge in [0.1, 0.15) is 5.69 Å². The molecule has 1 aromatic rings. The Bertz CT molecular complexity index is 727. The van der Waals surface area contributed by atoms with E-state index in [1.54, 1.807) is 17.2 Å². The van der Waals surface area contributed by atoms with E-state index in [1.807, 2.05) is 13.0 Å². The Kier molecular flexibility index (Phi) is 5.82. The molecule has 8 heteroatoms. The molecule has 0 bridgehead atoms. The predicted molar refractivity (Wildman–Crippen MR) is 102 cm³/mol. The van der Waals surface area contributed by atoms with Crippen molar-refractivity contribution in [3.63, 3.8) is 0 Å². The number of carbonyl (C=O) groups excluding carboxylic acids is 1. The summed E-state index contributed by atoms with van der Waals surface area (Å²) >= 11 is 0. The molecule has 1 amide bonds. The second-order valence-electron chi connectivity index (χ2n) is 6.97. The lowest BCUT2D eigenvalue weighted by molar-refractivity contribution is 0.0702. The van der Waals surface area contributed by atoms with Gasteiger partial charge in [-0.1, -0.05) is 6.92 Å². The van der Waals surface area contributed by atoms with Gasteiger partial charge in [0.25, 0.3) is 5.91 Å². The first kappa shape index (κ1) is 19.1. The number of pyridine rings is 1. The molecule has 2 aliphatic heterocycles. The van der Waals surface area contributed by atoms with Crippen LogP contribution in [0.25, 0.3) is 0 Å². The molecule has 0 radical (unpaired) electrons. The standard InChI is InChI=1S/C18H28N4O3S/c1-3-20-8-10-21(11-9-20)15-5-6-17(19-13-15)18(23)22(4-2)16-7-12-26(24,25)14-16/h5-6,13,16H,3-4,7-12,14H2,1-2H3. The number of sulfone groups is 1. The molecular weight excluding hydrogens is 352 g/mol. The predicted octanol–water partition coefficient (Wildman–Crippen LogP) is 0.873. The number of amides is 1. The van der Waals surface area contributed by atoms with Crippen LogP contribution in [0.3, 0.4) is 0 Å². The van der Waals surface area contributed by atoms with E-state index in [2.05, 4.69) is 21.7 Å². The second kappa shape index (κ2) is 7.92. The molecule has 2 fully saturated rings. The molecular formula is C18H28N4O3S. The van der Waals surface area contributed by atoms with E-state index in [1.165, 1.54) is 0 Å². The number of likely N-dealkylation sites (N-methyl/N-ethyl adjacent to an activating group) is 1. The largest absolute Gasteiger partial charge is 0.368 e. The van der Waals surface area contributed by atoms with E-state index in [-0.39, 0.29) is 23.5 Å². The number of anilines is 1. The molecule has 0 spiro atoms. The average molecular weight is 381 g/mol. The van der Waals surface area contributed by atoms with Crippen molar-refractivity contribution in [3.05, 3.63) is 24.0 Å². The van der Waals surface area contributed by atoms with E-state index in [0.29, 0.717) is 18.7 Å². The highest BCUT2D eigenvalue weighted by Crippen LogP contribution is 2.21. The van der Waals surface area contributed by atoms with Crippen LogP contribution in [-0.2, 0) is 9.84 Å². The monoisotopic (exact) mass is 380 g/mol. The fourth-order valence-electron chi connectivity index (χ4n) is 3.76. The molecule has 3 heterocycles. The first-order valence-corrected chi connectivity index (χ1v) is 11.2. The topological polar surface area (TPSA) is 73.8 Å². The van der Waals surface area contributed by atoms with Crippen LogP contribution in [-0.4, -0.2) is 85.9 Å². The van der Waals surface area contributed by atoms with Crippen molar-refractivity contribution in [1.82, 2.24) is 14.8 Å². The van der Waals surface area contributed by atoms with E-state index in [9.17, 15) is 13.2 Å². The molecule has 144 valence electrons. The summed E-state index contributed by atoms with van der Waals surface area (Å²) in [5.41, 5.74) is 1.41. The molecule has 0 N–H and O–H groups in total. The number of carbonyl (C=O) groups is 1. The lowest BCUT2D eigenvalue weighted by atomic mass is 10.2. The zero-order chi connectivity index (χ0) is 18.7. The minimum Gasteiger partial charge on any atom is -0.368 e. The Morgan fingerprint density at radius 2 is 1.96 bits per heavy atom. The zero-order valence-corrected chi connectivity index (χ0v) is 16.4. The van der Waals surface area contributed by atoms with Gasteiger partial charge >= 0.3 is 0 Å². The van der Waals surface area contributed by atoms with Crippen molar-refractivity contribution in [1.29, 1.82) is 0 Å². The summed E-state index contributed by atoms with van der Waals surface area (Å²) in [7, 11) is -3.02. The summed E-state index contributed by atoms with van der Waals surface area (Å²) in [6.45, 7) is 9.61. The molecule has 1 atom stereocenters. The third-order valence-electron chi connectivity index (χ3n) is 5.40. The van der Waals surface area contributed by atoms with E-state index < -0.39 is 9.84 Å². The van der Waals surface area contributed by atoms with Gasteiger partial charge in [-0.25, -0.2) is 13.4 Å². The van der Waals surface area contributed by atoms with Gasteiger partial charge in [-0.3, -0.25) is 4.79 Å². The fraction of sp³-hybridized carbons (Fsp3) is 0.667. The van der Waals surface area contributed by atoms with E-state index in [0.717, 1.165) is 38.4 Å². The summed E-state index contributed by atoms with van der Waals surface area (Å²) in [4.78, 5) is 23.5. The first-order chi connectivity index (χ1) is 12.4.